The number of nitrogens with one attached hydrogen (secondary N) is 1. The zero-order chi connectivity index (χ0) is 11.7. The molecule has 16 heavy (non-hydrogen) atoms. The molecule has 0 atom stereocenters. The lowest BCUT2D eigenvalue weighted by Gasteiger charge is -2.04. The molecule has 0 saturated heterocycles. The lowest BCUT2D eigenvalue weighted by atomic mass is 10.4. The molecule has 86 valence electrons. The number of imidazole rings is 1. The van der Waals surface area contributed by atoms with E-state index in [-0.39, 0.29) is 0 Å². The molecule has 0 saturated carbocycles. The van der Waals surface area contributed by atoms with Gasteiger partial charge in [-0.1, -0.05) is 0 Å². The minimum absolute atomic E-state index is 0.557. The molecule has 0 amide bonds. The van der Waals surface area contributed by atoms with Crippen molar-refractivity contribution in [1.82, 2.24) is 19.5 Å². The van der Waals surface area contributed by atoms with Crippen LogP contribution in [-0.4, -0.2) is 32.6 Å². The van der Waals surface area contributed by atoms with Crippen molar-refractivity contribution in [3.8, 4) is 0 Å². The highest BCUT2D eigenvalue weighted by atomic mass is 15.2. The second-order valence-corrected chi connectivity index (χ2v) is 3.74. The van der Waals surface area contributed by atoms with Crippen LogP contribution in [0.15, 0.2) is 0 Å². The van der Waals surface area contributed by atoms with Crippen LogP contribution in [0.25, 0.3) is 11.2 Å². The fourth-order valence-corrected chi connectivity index (χ4v) is 1.68. The van der Waals surface area contributed by atoms with Gasteiger partial charge in [0.15, 0.2) is 5.65 Å². The molecule has 0 unspecified atom stereocenters. The molecule has 0 radical (unpaired) electrons. The van der Waals surface area contributed by atoms with Gasteiger partial charge in [-0.25, -0.2) is 9.97 Å². The highest BCUT2D eigenvalue weighted by Gasteiger charge is 2.10. The number of nitrogens with two attached hydrogens (primary N) is 1. The van der Waals surface area contributed by atoms with Crippen LogP contribution in [-0.2, 0) is 7.05 Å². The van der Waals surface area contributed by atoms with Gasteiger partial charge in [-0.3, -0.25) is 0 Å². The molecule has 3 N–H and O–H groups in total. The Morgan fingerprint density at radius 1 is 1.25 bits per heavy atom. The molecule has 2 aromatic rings. The molecule has 2 heterocycles. The monoisotopic (exact) mass is 220 g/mol. The van der Waals surface area contributed by atoms with Crippen LogP contribution in [0.4, 0.5) is 5.95 Å². The predicted octanol–water partition coefficient (Wildman–Crippen LogP) is 0.351. The zero-order valence-corrected chi connectivity index (χ0v) is 9.78. The lowest BCUT2D eigenvalue weighted by molar-refractivity contribution is 0.879. The van der Waals surface area contributed by atoms with Crippen LogP contribution in [0.1, 0.15) is 11.5 Å². The van der Waals surface area contributed by atoms with Crippen LogP contribution in [0, 0.1) is 13.8 Å². The summed E-state index contributed by atoms with van der Waals surface area (Å²) in [4.78, 5) is 13.1. The summed E-state index contributed by atoms with van der Waals surface area (Å²) in [5.74, 6) is 1.52. The summed E-state index contributed by atoms with van der Waals surface area (Å²) < 4.78 is 2.00. The Bertz CT molecular complexity index is 515. The molecule has 6 heteroatoms. The summed E-state index contributed by atoms with van der Waals surface area (Å²) in [6.45, 7) is 5.13. The van der Waals surface area contributed by atoms with E-state index in [1.165, 1.54) is 0 Å². The highest BCUT2D eigenvalue weighted by molar-refractivity contribution is 5.75. The molecular formula is C10H16N6. The molecule has 0 aliphatic carbocycles. The summed E-state index contributed by atoms with van der Waals surface area (Å²) in [5, 5.41) is 3.06. The predicted molar refractivity (Wildman–Crippen MR) is 63.3 cm³/mol. The van der Waals surface area contributed by atoms with E-state index in [4.69, 9.17) is 5.73 Å². The molecule has 0 fully saturated rings. The van der Waals surface area contributed by atoms with E-state index in [9.17, 15) is 0 Å². The van der Waals surface area contributed by atoms with Gasteiger partial charge in [0, 0.05) is 20.1 Å². The van der Waals surface area contributed by atoms with Crippen LogP contribution in [0.2, 0.25) is 0 Å². The Morgan fingerprint density at radius 2 is 2.00 bits per heavy atom. The second kappa shape index (κ2) is 4.05. The van der Waals surface area contributed by atoms with Crippen LogP contribution in [0.3, 0.4) is 0 Å². The van der Waals surface area contributed by atoms with Gasteiger partial charge in [0.1, 0.15) is 11.3 Å². The standard InChI is InChI=1S/C10H16N6/c1-6-8-9(14-7(2)16(8)3)15-10(13-6)12-5-4-11/h4-5,11H2,1-3H3,(H,12,13,15). The SMILES string of the molecule is Cc1nc(NCCN)nc2nc(C)n(C)c12. The van der Waals surface area contributed by atoms with Crippen molar-refractivity contribution in [2.24, 2.45) is 12.8 Å². The van der Waals surface area contributed by atoms with Crippen molar-refractivity contribution >= 4 is 17.1 Å². The average molecular weight is 220 g/mol. The van der Waals surface area contributed by atoms with Crippen molar-refractivity contribution in [2.45, 2.75) is 13.8 Å². The summed E-state index contributed by atoms with van der Waals surface area (Å²) in [7, 11) is 1.97. The first-order chi connectivity index (χ1) is 7.63. The Balaban J connectivity index is 2.51. The largest absolute Gasteiger partial charge is 0.353 e. The molecule has 0 aliphatic rings. The number of rotatable bonds is 3. The van der Waals surface area contributed by atoms with Crippen LogP contribution in [0.5, 0.6) is 0 Å². The topological polar surface area (TPSA) is 81.7 Å². The number of nitrogens with zero attached hydrogens (tertiary/aromatic N) is 4. The third-order valence-corrected chi connectivity index (χ3v) is 2.56. The van der Waals surface area contributed by atoms with E-state index >= 15 is 0 Å². The molecule has 6 nitrogen and oxygen atoms in total. The van der Waals surface area contributed by atoms with Gasteiger partial charge in [-0.15, -0.1) is 0 Å². The van der Waals surface area contributed by atoms with Gasteiger partial charge < -0.3 is 15.6 Å². The molecule has 0 bridgehead atoms. The highest BCUT2D eigenvalue weighted by Crippen LogP contribution is 2.17. The van der Waals surface area contributed by atoms with Crippen LogP contribution >= 0.6 is 0 Å². The third kappa shape index (κ3) is 1.71. The Morgan fingerprint density at radius 3 is 2.69 bits per heavy atom. The van der Waals surface area contributed by atoms with Crippen molar-refractivity contribution in [3.05, 3.63) is 11.5 Å². The fourth-order valence-electron chi connectivity index (χ4n) is 1.68. The minimum Gasteiger partial charge on any atom is -0.353 e. The van der Waals surface area contributed by atoms with E-state index in [0.29, 0.717) is 19.0 Å². The van der Waals surface area contributed by atoms with Gasteiger partial charge in [-0.2, -0.15) is 4.98 Å². The maximum Gasteiger partial charge on any atom is 0.225 e. The molecule has 2 rings (SSSR count). The van der Waals surface area contributed by atoms with E-state index in [2.05, 4.69) is 20.3 Å². The van der Waals surface area contributed by atoms with Crippen molar-refractivity contribution < 1.29 is 0 Å². The fraction of sp³-hybridized carbons (Fsp3) is 0.500. The van der Waals surface area contributed by atoms with E-state index in [1.54, 1.807) is 0 Å². The van der Waals surface area contributed by atoms with Gasteiger partial charge in [0.2, 0.25) is 5.95 Å². The van der Waals surface area contributed by atoms with Gasteiger partial charge >= 0.3 is 0 Å². The number of aryl methyl sites for hydroxylation is 3. The molecule has 2 aromatic heterocycles. The Hall–Kier alpha value is -1.69. The van der Waals surface area contributed by atoms with Crippen molar-refractivity contribution in [3.63, 3.8) is 0 Å². The summed E-state index contributed by atoms with van der Waals surface area (Å²) >= 11 is 0. The Kier molecular flexibility index (Phi) is 2.74. The van der Waals surface area contributed by atoms with Crippen LogP contribution < -0.4 is 11.1 Å². The quantitative estimate of drug-likeness (QED) is 0.780. The smallest absolute Gasteiger partial charge is 0.225 e. The number of anilines is 1. The average Bonchev–Trinajstić information content (AvgIpc) is 2.52. The molecule has 0 spiro atoms. The second-order valence-electron chi connectivity index (χ2n) is 3.74. The number of hydrogen-bond donors (Lipinski definition) is 2. The van der Waals surface area contributed by atoms with E-state index in [0.717, 1.165) is 22.7 Å². The molecular weight excluding hydrogens is 204 g/mol. The summed E-state index contributed by atoms with van der Waals surface area (Å²) in [6.07, 6.45) is 0. The van der Waals surface area contributed by atoms with Crippen molar-refractivity contribution in [1.29, 1.82) is 0 Å². The maximum absolute atomic E-state index is 5.42. The number of hydrogen-bond acceptors (Lipinski definition) is 5. The van der Waals surface area contributed by atoms with Gasteiger partial charge in [0.25, 0.3) is 0 Å². The first-order valence-corrected chi connectivity index (χ1v) is 5.25. The molecule has 0 aromatic carbocycles. The summed E-state index contributed by atoms with van der Waals surface area (Å²) in [6, 6.07) is 0. The normalized spacial score (nSPS) is 11.0. The first-order valence-electron chi connectivity index (χ1n) is 5.25. The first kappa shape index (κ1) is 10.8. The van der Waals surface area contributed by atoms with Gasteiger partial charge in [-0.05, 0) is 13.8 Å². The van der Waals surface area contributed by atoms with Crippen molar-refractivity contribution in [2.75, 3.05) is 18.4 Å². The van der Waals surface area contributed by atoms with E-state index in [1.807, 2.05) is 25.5 Å². The number of fused-ring (bicyclic) bond motifs is 1. The Labute approximate surface area is 93.9 Å². The maximum atomic E-state index is 5.42. The van der Waals surface area contributed by atoms with Gasteiger partial charge in [0.05, 0.1) is 5.69 Å². The number of aromatic nitrogens is 4. The summed E-state index contributed by atoms with van der Waals surface area (Å²) in [5.41, 5.74) is 8.05. The third-order valence-electron chi connectivity index (χ3n) is 2.56. The lowest BCUT2D eigenvalue weighted by Crippen LogP contribution is -2.15. The zero-order valence-electron chi connectivity index (χ0n) is 9.78. The minimum atomic E-state index is 0.557. The van der Waals surface area contributed by atoms with E-state index < -0.39 is 0 Å². The molecule has 0 aliphatic heterocycles.